The third-order valence-electron chi connectivity index (χ3n) is 4.69. The molecule has 1 saturated carbocycles. The lowest BCUT2D eigenvalue weighted by Gasteiger charge is -2.27. The highest BCUT2D eigenvalue weighted by molar-refractivity contribution is 5.43. The Morgan fingerprint density at radius 3 is 2.77 bits per heavy atom. The summed E-state index contributed by atoms with van der Waals surface area (Å²) in [7, 11) is 0. The molecule has 2 aliphatic carbocycles. The molecule has 0 aromatic heterocycles. The Kier molecular flexibility index (Phi) is 6.92. The van der Waals surface area contributed by atoms with E-state index in [4.69, 9.17) is 0 Å². The summed E-state index contributed by atoms with van der Waals surface area (Å²) in [5.74, 6) is 0. The molecule has 0 spiro atoms. The van der Waals surface area contributed by atoms with E-state index in [0.717, 1.165) is 18.9 Å². The van der Waals surface area contributed by atoms with E-state index < -0.39 is 0 Å². The van der Waals surface area contributed by atoms with Gasteiger partial charge in [0.1, 0.15) is 0 Å². The Labute approximate surface area is 136 Å². The van der Waals surface area contributed by atoms with Crippen LogP contribution in [0.5, 0.6) is 0 Å². The average molecular weight is 297 g/mol. The Hall–Kier alpha value is -1.34. The topological polar surface area (TPSA) is 12.0 Å². The second-order valence-corrected chi connectivity index (χ2v) is 6.64. The van der Waals surface area contributed by atoms with Gasteiger partial charge in [-0.25, -0.2) is 0 Å². The summed E-state index contributed by atoms with van der Waals surface area (Å²) in [6.45, 7) is 8.42. The standard InChI is InChI=1S/C21H31N/c1-4-10-18-11-9-12-20(19(5-2)16-18)15-17(3)22-21-13-7-6-8-14-21/h4-5,9-12,17,21-22H,2,6-8,13-16H2,1,3H3/b10-4-. The van der Waals surface area contributed by atoms with Crippen molar-refractivity contribution in [2.45, 2.75) is 70.9 Å². The molecule has 0 radical (unpaired) electrons. The highest BCUT2D eigenvalue weighted by Crippen LogP contribution is 2.25. The SMILES string of the molecule is C=CC1=C(CC(C)NC2CCCCC2)C=CC=C(/C=C\C)C1. The Balaban J connectivity index is 1.98. The van der Waals surface area contributed by atoms with E-state index in [9.17, 15) is 0 Å². The molecule has 0 saturated heterocycles. The van der Waals surface area contributed by atoms with Gasteiger partial charge in [-0.1, -0.05) is 62.3 Å². The van der Waals surface area contributed by atoms with Gasteiger partial charge in [-0.3, -0.25) is 0 Å². The van der Waals surface area contributed by atoms with Crippen LogP contribution in [-0.4, -0.2) is 12.1 Å². The fraction of sp³-hybridized carbons (Fsp3) is 0.524. The Bertz CT molecular complexity index is 484. The molecule has 0 amide bonds. The van der Waals surface area contributed by atoms with Gasteiger partial charge in [-0.05, 0) is 56.3 Å². The normalized spacial score (nSPS) is 21.8. The van der Waals surface area contributed by atoms with Crippen molar-refractivity contribution in [1.29, 1.82) is 0 Å². The zero-order valence-corrected chi connectivity index (χ0v) is 14.3. The van der Waals surface area contributed by atoms with Crippen LogP contribution < -0.4 is 5.32 Å². The molecular formula is C21H31N. The summed E-state index contributed by atoms with van der Waals surface area (Å²) in [5, 5.41) is 3.83. The minimum atomic E-state index is 0.529. The van der Waals surface area contributed by atoms with E-state index in [2.05, 4.69) is 56.1 Å². The van der Waals surface area contributed by atoms with Crippen LogP contribution in [0, 0.1) is 0 Å². The molecule has 0 aromatic rings. The first-order valence-corrected chi connectivity index (χ1v) is 8.83. The van der Waals surface area contributed by atoms with E-state index in [1.807, 2.05) is 6.08 Å². The molecular weight excluding hydrogens is 266 g/mol. The second-order valence-electron chi connectivity index (χ2n) is 6.64. The van der Waals surface area contributed by atoms with Crippen molar-refractivity contribution in [3.05, 3.63) is 59.8 Å². The third-order valence-corrected chi connectivity index (χ3v) is 4.69. The van der Waals surface area contributed by atoms with Crippen molar-refractivity contribution >= 4 is 0 Å². The van der Waals surface area contributed by atoms with Gasteiger partial charge in [0.25, 0.3) is 0 Å². The maximum atomic E-state index is 4.03. The summed E-state index contributed by atoms with van der Waals surface area (Å²) >= 11 is 0. The number of hydrogen-bond donors (Lipinski definition) is 1. The first kappa shape index (κ1) is 17.0. The Morgan fingerprint density at radius 1 is 1.32 bits per heavy atom. The van der Waals surface area contributed by atoms with Crippen LogP contribution in [0.25, 0.3) is 0 Å². The minimum absolute atomic E-state index is 0.529. The van der Waals surface area contributed by atoms with Crippen molar-refractivity contribution in [1.82, 2.24) is 5.32 Å². The number of rotatable bonds is 6. The molecule has 0 heterocycles. The minimum Gasteiger partial charge on any atom is -0.311 e. The number of nitrogens with one attached hydrogen (secondary N) is 1. The van der Waals surface area contributed by atoms with Crippen molar-refractivity contribution < 1.29 is 0 Å². The van der Waals surface area contributed by atoms with E-state index in [-0.39, 0.29) is 0 Å². The van der Waals surface area contributed by atoms with E-state index in [1.54, 1.807) is 0 Å². The van der Waals surface area contributed by atoms with Crippen LogP contribution in [-0.2, 0) is 0 Å². The van der Waals surface area contributed by atoms with Gasteiger partial charge in [0.15, 0.2) is 0 Å². The van der Waals surface area contributed by atoms with Gasteiger partial charge < -0.3 is 5.32 Å². The summed E-state index contributed by atoms with van der Waals surface area (Å²) in [5.41, 5.74) is 4.16. The first-order valence-electron chi connectivity index (χ1n) is 8.83. The van der Waals surface area contributed by atoms with Crippen molar-refractivity contribution in [2.75, 3.05) is 0 Å². The molecule has 1 fully saturated rings. The van der Waals surface area contributed by atoms with Crippen LogP contribution in [0.4, 0.5) is 0 Å². The molecule has 0 aliphatic heterocycles. The number of hydrogen-bond acceptors (Lipinski definition) is 1. The van der Waals surface area contributed by atoms with Crippen LogP contribution in [0.1, 0.15) is 58.8 Å². The summed E-state index contributed by atoms with van der Waals surface area (Å²) in [4.78, 5) is 0. The van der Waals surface area contributed by atoms with Gasteiger partial charge >= 0.3 is 0 Å². The maximum Gasteiger partial charge on any atom is 0.00818 e. The monoisotopic (exact) mass is 297 g/mol. The van der Waals surface area contributed by atoms with Crippen LogP contribution in [0.2, 0.25) is 0 Å². The highest BCUT2D eigenvalue weighted by Gasteiger charge is 2.17. The molecule has 22 heavy (non-hydrogen) atoms. The molecule has 120 valence electrons. The number of allylic oxidation sites excluding steroid dienone is 8. The molecule has 1 unspecified atom stereocenters. The van der Waals surface area contributed by atoms with E-state index in [0.29, 0.717) is 6.04 Å². The molecule has 0 aromatic carbocycles. The summed E-state index contributed by atoms with van der Waals surface area (Å²) in [6, 6.07) is 1.25. The van der Waals surface area contributed by atoms with Crippen molar-refractivity contribution in [3.8, 4) is 0 Å². The lowest BCUT2D eigenvalue weighted by atomic mass is 9.93. The zero-order chi connectivity index (χ0) is 15.8. The van der Waals surface area contributed by atoms with Crippen molar-refractivity contribution in [3.63, 3.8) is 0 Å². The zero-order valence-electron chi connectivity index (χ0n) is 14.3. The fourth-order valence-corrected chi connectivity index (χ4v) is 3.58. The summed E-state index contributed by atoms with van der Waals surface area (Å²) in [6.07, 6.45) is 22.0. The largest absolute Gasteiger partial charge is 0.311 e. The molecule has 1 N–H and O–H groups in total. The van der Waals surface area contributed by atoms with E-state index >= 15 is 0 Å². The summed E-state index contributed by atoms with van der Waals surface area (Å²) < 4.78 is 0. The van der Waals surface area contributed by atoms with Gasteiger partial charge in [0.2, 0.25) is 0 Å². The van der Waals surface area contributed by atoms with E-state index in [1.165, 1.54) is 48.8 Å². The molecule has 1 atom stereocenters. The van der Waals surface area contributed by atoms with Gasteiger partial charge in [0, 0.05) is 12.1 Å². The molecule has 0 bridgehead atoms. The smallest absolute Gasteiger partial charge is 0.00818 e. The lowest BCUT2D eigenvalue weighted by molar-refractivity contribution is 0.343. The maximum absolute atomic E-state index is 4.03. The predicted octanol–water partition coefficient (Wildman–Crippen LogP) is 5.63. The van der Waals surface area contributed by atoms with Crippen molar-refractivity contribution in [2.24, 2.45) is 0 Å². The van der Waals surface area contributed by atoms with Gasteiger partial charge in [-0.2, -0.15) is 0 Å². The van der Waals surface area contributed by atoms with Crippen LogP contribution in [0.15, 0.2) is 59.8 Å². The average Bonchev–Trinajstić information content (AvgIpc) is 2.70. The van der Waals surface area contributed by atoms with Crippen LogP contribution in [0.3, 0.4) is 0 Å². The third kappa shape index (κ3) is 5.14. The Morgan fingerprint density at radius 2 is 2.09 bits per heavy atom. The fourth-order valence-electron chi connectivity index (χ4n) is 3.58. The van der Waals surface area contributed by atoms with Crippen LogP contribution >= 0.6 is 0 Å². The lowest BCUT2D eigenvalue weighted by Crippen LogP contribution is -2.38. The molecule has 2 rings (SSSR count). The molecule has 1 heteroatoms. The predicted molar refractivity (Wildman–Crippen MR) is 98.0 cm³/mol. The highest BCUT2D eigenvalue weighted by atomic mass is 14.9. The molecule has 2 aliphatic rings. The van der Waals surface area contributed by atoms with Gasteiger partial charge in [0.05, 0.1) is 0 Å². The first-order chi connectivity index (χ1) is 10.7. The second kappa shape index (κ2) is 8.95. The quantitative estimate of drug-likeness (QED) is 0.669. The molecule has 1 nitrogen and oxygen atoms in total. The van der Waals surface area contributed by atoms with Gasteiger partial charge in [-0.15, -0.1) is 0 Å².